The van der Waals surface area contributed by atoms with Gasteiger partial charge in [-0.05, 0) is 45.4 Å². The van der Waals surface area contributed by atoms with Crippen LogP contribution in [0.3, 0.4) is 0 Å². The minimum atomic E-state index is -0.968. The molecule has 1 unspecified atom stereocenters. The number of hydrogen-bond donors (Lipinski definition) is 1. The number of rotatable bonds is 6. The molecule has 0 radical (unpaired) electrons. The van der Waals surface area contributed by atoms with Crippen LogP contribution in [0, 0.1) is 0 Å². The minimum Gasteiger partial charge on any atom is -0.476 e. The Kier molecular flexibility index (Phi) is 4.91. The Bertz CT molecular complexity index is 981. The van der Waals surface area contributed by atoms with Gasteiger partial charge in [-0.2, -0.15) is 10.1 Å². The average molecular weight is 382 g/mol. The van der Waals surface area contributed by atoms with E-state index in [9.17, 15) is 9.90 Å². The number of likely N-dealkylation sites (N-methyl/N-ethyl adjacent to an activating group) is 1. The van der Waals surface area contributed by atoms with Crippen molar-refractivity contribution in [2.24, 2.45) is 0 Å². The maximum atomic E-state index is 11.6. The first-order valence-electron chi connectivity index (χ1n) is 9.32. The van der Waals surface area contributed by atoms with Gasteiger partial charge in [0.05, 0.1) is 6.54 Å². The van der Waals surface area contributed by atoms with Crippen molar-refractivity contribution in [3.8, 4) is 11.4 Å². The lowest BCUT2D eigenvalue weighted by molar-refractivity contribution is 0.0687. The van der Waals surface area contributed by atoms with Crippen LogP contribution in [0.5, 0.6) is 0 Å². The summed E-state index contributed by atoms with van der Waals surface area (Å²) in [6, 6.07) is 3.90. The summed E-state index contributed by atoms with van der Waals surface area (Å²) in [7, 11) is 1.99. The van der Waals surface area contributed by atoms with Crippen LogP contribution in [0.25, 0.3) is 11.4 Å². The van der Waals surface area contributed by atoms with Gasteiger partial charge in [-0.3, -0.25) is 14.6 Å². The number of carboxylic acid groups (broad SMARTS) is 1. The van der Waals surface area contributed by atoms with E-state index >= 15 is 0 Å². The summed E-state index contributed by atoms with van der Waals surface area (Å²) in [5.74, 6) is 0.0689. The molecule has 9 heteroatoms. The molecule has 28 heavy (non-hydrogen) atoms. The molecule has 0 amide bonds. The van der Waals surface area contributed by atoms with Gasteiger partial charge in [0.25, 0.3) is 0 Å². The van der Waals surface area contributed by atoms with Crippen LogP contribution in [0.1, 0.15) is 41.0 Å². The van der Waals surface area contributed by atoms with Crippen molar-refractivity contribution in [1.82, 2.24) is 29.8 Å². The highest BCUT2D eigenvalue weighted by molar-refractivity contribution is 5.87. The lowest BCUT2D eigenvalue weighted by Crippen LogP contribution is -2.36. The zero-order valence-corrected chi connectivity index (χ0v) is 15.9. The highest BCUT2D eigenvalue weighted by Gasteiger charge is 2.31. The Morgan fingerprint density at radius 2 is 2.32 bits per heavy atom. The summed E-state index contributed by atoms with van der Waals surface area (Å²) in [4.78, 5) is 22.2. The van der Waals surface area contributed by atoms with Crippen LogP contribution in [0.2, 0.25) is 0 Å². The summed E-state index contributed by atoms with van der Waals surface area (Å²) in [6.45, 7) is 3.15. The van der Waals surface area contributed by atoms with Gasteiger partial charge in [0.15, 0.2) is 5.69 Å². The molecule has 9 nitrogen and oxygen atoms in total. The smallest absolute Gasteiger partial charge is 0.356 e. The standard InChI is InChI=1S/C19H22N6O3/c1-3-25-15-7-6-13(9-14(15)17(22-25)19(26)27)24(2)11-16-21-18(23-28-16)12-5-4-8-20-10-12/h4-5,8,10,13H,3,6-7,9,11H2,1-2H3,(H,26,27). The van der Waals surface area contributed by atoms with E-state index in [0.29, 0.717) is 31.2 Å². The zero-order valence-electron chi connectivity index (χ0n) is 15.9. The second kappa shape index (κ2) is 7.51. The number of carbonyl (C=O) groups is 1. The summed E-state index contributed by atoms with van der Waals surface area (Å²) in [6.07, 6.45) is 5.78. The number of pyridine rings is 1. The van der Waals surface area contributed by atoms with Crippen LogP contribution in [0.15, 0.2) is 29.0 Å². The van der Waals surface area contributed by atoms with Crippen molar-refractivity contribution < 1.29 is 14.4 Å². The first kappa shape index (κ1) is 18.3. The first-order valence-corrected chi connectivity index (χ1v) is 9.32. The molecule has 1 aliphatic carbocycles. The maximum Gasteiger partial charge on any atom is 0.356 e. The fourth-order valence-corrected chi connectivity index (χ4v) is 3.75. The van der Waals surface area contributed by atoms with Gasteiger partial charge in [-0.25, -0.2) is 4.79 Å². The molecule has 3 aromatic heterocycles. The van der Waals surface area contributed by atoms with Gasteiger partial charge < -0.3 is 9.63 Å². The van der Waals surface area contributed by atoms with Gasteiger partial charge in [-0.15, -0.1) is 0 Å². The van der Waals surface area contributed by atoms with Gasteiger partial charge in [0, 0.05) is 41.8 Å². The third-order valence-electron chi connectivity index (χ3n) is 5.22. The molecule has 0 saturated heterocycles. The summed E-state index contributed by atoms with van der Waals surface area (Å²) < 4.78 is 7.21. The molecule has 1 atom stereocenters. The van der Waals surface area contributed by atoms with Gasteiger partial charge in [0.1, 0.15) is 0 Å². The summed E-state index contributed by atoms with van der Waals surface area (Å²) in [5.41, 5.74) is 2.87. The number of fused-ring (bicyclic) bond motifs is 1. The van der Waals surface area contributed by atoms with Gasteiger partial charge >= 0.3 is 5.97 Å². The van der Waals surface area contributed by atoms with Crippen LogP contribution in [-0.2, 0) is 25.9 Å². The van der Waals surface area contributed by atoms with Crippen LogP contribution in [0.4, 0.5) is 0 Å². The van der Waals surface area contributed by atoms with Crippen molar-refractivity contribution in [3.05, 3.63) is 47.4 Å². The maximum absolute atomic E-state index is 11.6. The van der Waals surface area contributed by atoms with E-state index < -0.39 is 5.97 Å². The zero-order chi connectivity index (χ0) is 19.7. The molecule has 1 aliphatic rings. The molecule has 3 heterocycles. The van der Waals surface area contributed by atoms with E-state index in [4.69, 9.17) is 4.52 Å². The van der Waals surface area contributed by atoms with Crippen molar-refractivity contribution in [2.45, 2.75) is 45.3 Å². The molecule has 0 fully saturated rings. The molecular weight excluding hydrogens is 360 g/mol. The molecule has 0 aromatic carbocycles. The Hall–Kier alpha value is -3.07. The normalized spacial score (nSPS) is 16.3. The highest BCUT2D eigenvalue weighted by Crippen LogP contribution is 2.28. The predicted molar refractivity (Wildman–Crippen MR) is 99.7 cm³/mol. The third-order valence-corrected chi connectivity index (χ3v) is 5.22. The van der Waals surface area contributed by atoms with E-state index in [1.54, 1.807) is 12.4 Å². The lowest BCUT2D eigenvalue weighted by Gasteiger charge is -2.30. The molecule has 0 bridgehead atoms. The SMILES string of the molecule is CCn1nc(C(=O)O)c2c1CCC(N(C)Cc1nc(-c3cccnc3)no1)C2. The van der Waals surface area contributed by atoms with Gasteiger partial charge in [0.2, 0.25) is 11.7 Å². The largest absolute Gasteiger partial charge is 0.476 e. The predicted octanol–water partition coefficient (Wildman–Crippen LogP) is 2.04. The van der Waals surface area contributed by atoms with E-state index in [1.807, 2.05) is 30.8 Å². The summed E-state index contributed by atoms with van der Waals surface area (Å²) >= 11 is 0. The number of carboxylic acids is 1. The lowest BCUT2D eigenvalue weighted by atomic mass is 9.90. The first-order chi connectivity index (χ1) is 13.6. The van der Waals surface area contributed by atoms with Crippen molar-refractivity contribution >= 4 is 5.97 Å². The Balaban J connectivity index is 1.48. The number of aryl methyl sites for hydroxylation is 1. The Labute approximate surface area is 162 Å². The fraction of sp³-hybridized carbons (Fsp3) is 0.421. The van der Waals surface area contributed by atoms with E-state index in [2.05, 4.69) is 25.1 Å². The van der Waals surface area contributed by atoms with E-state index in [-0.39, 0.29) is 11.7 Å². The quantitative estimate of drug-likeness (QED) is 0.689. The summed E-state index contributed by atoms with van der Waals surface area (Å²) in [5, 5.41) is 17.8. The number of aromatic nitrogens is 5. The molecule has 146 valence electrons. The number of hydrogen-bond acceptors (Lipinski definition) is 7. The van der Waals surface area contributed by atoms with E-state index in [1.165, 1.54) is 0 Å². The molecular formula is C19H22N6O3. The van der Waals surface area contributed by atoms with Crippen molar-refractivity contribution in [2.75, 3.05) is 7.05 Å². The topological polar surface area (TPSA) is 110 Å². The van der Waals surface area contributed by atoms with Crippen molar-refractivity contribution in [3.63, 3.8) is 0 Å². The van der Waals surface area contributed by atoms with Crippen LogP contribution in [-0.4, -0.2) is 54.0 Å². The second-order valence-electron chi connectivity index (χ2n) is 6.96. The number of aromatic carboxylic acids is 1. The van der Waals surface area contributed by atoms with Crippen LogP contribution < -0.4 is 0 Å². The third kappa shape index (κ3) is 3.40. The second-order valence-corrected chi connectivity index (χ2v) is 6.96. The molecule has 0 saturated carbocycles. The monoisotopic (exact) mass is 382 g/mol. The number of nitrogens with zero attached hydrogens (tertiary/aromatic N) is 6. The molecule has 0 spiro atoms. The average Bonchev–Trinajstić information content (AvgIpc) is 3.32. The van der Waals surface area contributed by atoms with Crippen molar-refractivity contribution in [1.29, 1.82) is 0 Å². The molecule has 0 aliphatic heterocycles. The Morgan fingerprint density at radius 1 is 1.46 bits per heavy atom. The van der Waals surface area contributed by atoms with E-state index in [0.717, 1.165) is 29.7 Å². The fourth-order valence-electron chi connectivity index (χ4n) is 3.75. The highest BCUT2D eigenvalue weighted by atomic mass is 16.5. The minimum absolute atomic E-state index is 0.173. The molecule has 1 N–H and O–H groups in total. The van der Waals surface area contributed by atoms with Crippen LogP contribution >= 0.6 is 0 Å². The molecule has 4 rings (SSSR count). The van der Waals surface area contributed by atoms with Gasteiger partial charge in [-0.1, -0.05) is 5.16 Å². The Morgan fingerprint density at radius 3 is 3.04 bits per heavy atom. The molecule has 3 aromatic rings.